The predicted molar refractivity (Wildman–Crippen MR) is 71.9 cm³/mol. The topological polar surface area (TPSA) is 46.9 Å². The Kier molecular flexibility index (Phi) is 5.97. The summed E-state index contributed by atoms with van der Waals surface area (Å²) in [5.41, 5.74) is 0. The van der Waals surface area contributed by atoms with Crippen LogP contribution < -0.4 is 5.32 Å². The molecule has 0 saturated carbocycles. The Balaban J connectivity index is 2.49. The van der Waals surface area contributed by atoms with Gasteiger partial charge in [-0.25, -0.2) is 4.98 Å². The van der Waals surface area contributed by atoms with Crippen LogP contribution in [0.5, 0.6) is 0 Å². The second-order valence-electron chi connectivity index (χ2n) is 3.95. The van der Waals surface area contributed by atoms with Crippen LogP contribution in [-0.4, -0.2) is 22.0 Å². The molecule has 0 aliphatic carbocycles. The van der Waals surface area contributed by atoms with Gasteiger partial charge in [-0.1, -0.05) is 35.9 Å². The molecule has 1 unspecified atom stereocenters. The fourth-order valence-electron chi connectivity index (χ4n) is 1.66. The number of carbonyl (C=O) groups excluding carboxylic acids is 1. The van der Waals surface area contributed by atoms with E-state index in [4.69, 9.17) is 0 Å². The zero-order valence-corrected chi connectivity index (χ0v) is 11.6. The number of nitrogens with zero attached hydrogens (tertiary/aromatic N) is 2. The van der Waals surface area contributed by atoms with Gasteiger partial charge in [0, 0.05) is 35.9 Å². The minimum Gasteiger partial charge on any atom is -0.351 e. The van der Waals surface area contributed by atoms with E-state index in [2.05, 4.69) is 39.7 Å². The van der Waals surface area contributed by atoms with E-state index in [-0.39, 0.29) is 11.9 Å². The van der Waals surface area contributed by atoms with E-state index in [1.165, 1.54) is 0 Å². The van der Waals surface area contributed by atoms with Crippen molar-refractivity contribution in [2.75, 3.05) is 6.54 Å². The van der Waals surface area contributed by atoms with Gasteiger partial charge < -0.3 is 9.88 Å². The van der Waals surface area contributed by atoms with E-state index in [1.54, 1.807) is 12.5 Å². The summed E-state index contributed by atoms with van der Waals surface area (Å²) in [4.78, 5) is 15.7. The van der Waals surface area contributed by atoms with Gasteiger partial charge in [-0.05, 0) is 6.42 Å². The van der Waals surface area contributed by atoms with Gasteiger partial charge in [0.2, 0.25) is 5.91 Å². The van der Waals surface area contributed by atoms with Crippen LogP contribution in [-0.2, 0) is 4.79 Å². The maximum Gasteiger partial charge on any atom is 0.222 e. The molecule has 0 spiro atoms. The first kappa shape index (κ1) is 14.0. The van der Waals surface area contributed by atoms with Crippen LogP contribution in [0.1, 0.15) is 32.2 Å². The van der Waals surface area contributed by atoms with Gasteiger partial charge in [-0.3, -0.25) is 4.79 Å². The van der Waals surface area contributed by atoms with Crippen molar-refractivity contribution in [3.63, 3.8) is 0 Å². The molecule has 0 fully saturated rings. The quantitative estimate of drug-likeness (QED) is 0.841. The van der Waals surface area contributed by atoms with E-state index in [9.17, 15) is 4.79 Å². The molecule has 1 rings (SSSR count). The fourth-order valence-corrected chi connectivity index (χ4v) is 1.80. The Hall–Kier alpha value is -1.10. The molecule has 5 heteroatoms. The zero-order chi connectivity index (χ0) is 12.7. The second kappa shape index (κ2) is 7.27. The van der Waals surface area contributed by atoms with Crippen molar-refractivity contribution in [3.8, 4) is 0 Å². The first-order valence-corrected chi connectivity index (χ1v) is 6.50. The molecule has 1 N–H and O–H groups in total. The van der Waals surface area contributed by atoms with Crippen molar-refractivity contribution in [3.05, 3.63) is 29.8 Å². The highest BCUT2D eigenvalue weighted by molar-refractivity contribution is 9.11. The van der Waals surface area contributed by atoms with Crippen LogP contribution in [0.15, 0.2) is 29.8 Å². The van der Waals surface area contributed by atoms with Crippen LogP contribution in [0.3, 0.4) is 0 Å². The van der Waals surface area contributed by atoms with Crippen molar-refractivity contribution >= 4 is 21.8 Å². The van der Waals surface area contributed by atoms with E-state index in [0.717, 1.165) is 17.3 Å². The maximum atomic E-state index is 11.7. The third-order valence-electron chi connectivity index (χ3n) is 2.47. The highest BCUT2D eigenvalue weighted by atomic mass is 79.9. The first-order chi connectivity index (χ1) is 8.13. The van der Waals surface area contributed by atoms with Crippen molar-refractivity contribution in [2.45, 2.75) is 32.2 Å². The van der Waals surface area contributed by atoms with Crippen LogP contribution in [0.4, 0.5) is 0 Å². The highest BCUT2D eigenvalue weighted by Gasteiger charge is 2.14. The molecule has 1 aromatic heterocycles. The van der Waals surface area contributed by atoms with Crippen molar-refractivity contribution in [1.29, 1.82) is 0 Å². The summed E-state index contributed by atoms with van der Waals surface area (Å²) >= 11 is 3.21. The predicted octanol–water partition coefficient (Wildman–Crippen LogP) is 2.64. The number of halogens is 1. The smallest absolute Gasteiger partial charge is 0.222 e. The summed E-state index contributed by atoms with van der Waals surface area (Å²) in [5.74, 6) is 0.0396. The number of aromatic nitrogens is 2. The summed E-state index contributed by atoms with van der Waals surface area (Å²) < 4.78 is 2.77. The molecular weight excluding hydrogens is 282 g/mol. The summed E-state index contributed by atoms with van der Waals surface area (Å²) in [6, 6.07) is 0.186. The molecule has 94 valence electrons. The molecular formula is C12H18BrN3O. The Labute approximate surface area is 110 Å². The Morgan fingerprint density at radius 3 is 2.94 bits per heavy atom. The molecule has 0 radical (unpaired) electrons. The molecule has 1 amide bonds. The number of hydrogen-bond donors (Lipinski definition) is 1. The number of nitrogens with one attached hydrogen (secondary N) is 1. The van der Waals surface area contributed by atoms with E-state index < -0.39 is 0 Å². The third-order valence-corrected chi connectivity index (χ3v) is 2.75. The summed E-state index contributed by atoms with van der Waals surface area (Å²) in [6.07, 6.45) is 7.89. The lowest BCUT2D eigenvalue weighted by molar-refractivity contribution is -0.121. The molecule has 0 saturated heterocycles. The van der Waals surface area contributed by atoms with Crippen molar-refractivity contribution in [1.82, 2.24) is 14.9 Å². The van der Waals surface area contributed by atoms with Gasteiger partial charge in [-0.15, -0.1) is 0 Å². The fraction of sp³-hybridized carbons (Fsp3) is 0.500. The molecule has 0 aliphatic rings. The lowest BCUT2D eigenvalue weighted by Gasteiger charge is -2.17. The normalized spacial score (nSPS) is 12.1. The van der Waals surface area contributed by atoms with Crippen LogP contribution in [0.2, 0.25) is 0 Å². The van der Waals surface area contributed by atoms with Crippen LogP contribution in [0, 0.1) is 0 Å². The van der Waals surface area contributed by atoms with Crippen LogP contribution >= 0.6 is 15.9 Å². The number of amides is 1. The van der Waals surface area contributed by atoms with Gasteiger partial charge in [-0.2, -0.15) is 0 Å². The number of imidazole rings is 1. The average molecular weight is 300 g/mol. The van der Waals surface area contributed by atoms with E-state index >= 15 is 0 Å². The SMILES string of the molecule is C=C(Br)CNC(=O)CC(CCC)n1ccnc1. The summed E-state index contributed by atoms with van der Waals surface area (Å²) in [5, 5.41) is 2.81. The third kappa shape index (κ3) is 5.17. The number of hydrogen-bond acceptors (Lipinski definition) is 2. The van der Waals surface area contributed by atoms with Crippen molar-refractivity contribution in [2.24, 2.45) is 0 Å². The Morgan fingerprint density at radius 1 is 1.65 bits per heavy atom. The van der Waals surface area contributed by atoms with Crippen molar-refractivity contribution < 1.29 is 4.79 Å². The summed E-state index contributed by atoms with van der Waals surface area (Å²) in [6.45, 7) is 6.27. The zero-order valence-electron chi connectivity index (χ0n) is 10.0. The molecule has 1 heterocycles. The van der Waals surface area contributed by atoms with Gasteiger partial charge in [0.05, 0.1) is 6.33 Å². The Morgan fingerprint density at radius 2 is 2.41 bits per heavy atom. The van der Waals surface area contributed by atoms with Gasteiger partial charge in [0.25, 0.3) is 0 Å². The summed E-state index contributed by atoms with van der Waals surface area (Å²) in [7, 11) is 0. The molecule has 0 aliphatic heterocycles. The largest absolute Gasteiger partial charge is 0.351 e. The first-order valence-electron chi connectivity index (χ1n) is 5.71. The average Bonchev–Trinajstić information content (AvgIpc) is 2.79. The molecule has 0 aromatic carbocycles. The van der Waals surface area contributed by atoms with Gasteiger partial charge >= 0.3 is 0 Å². The van der Waals surface area contributed by atoms with Gasteiger partial charge in [0.1, 0.15) is 0 Å². The molecule has 1 aromatic rings. The van der Waals surface area contributed by atoms with Gasteiger partial charge in [0.15, 0.2) is 0 Å². The molecule has 4 nitrogen and oxygen atoms in total. The number of rotatable bonds is 7. The highest BCUT2D eigenvalue weighted by Crippen LogP contribution is 2.17. The lowest BCUT2D eigenvalue weighted by atomic mass is 10.1. The monoisotopic (exact) mass is 299 g/mol. The van der Waals surface area contributed by atoms with Crippen LogP contribution in [0.25, 0.3) is 0 Å². The standard InChI is InChI=1S/C12H18BrN3O/c1-3-4-11(16-6-5-14-9-16)7-12(17)15-8-10(2)13/h5-6,9,11H,2-4,7-8H2,1H3,(H,15,17). The molecule has 17 heavy (non-hydrogen) atoms. The minimum absolute atomic E-state index is 0.0396. The minimum atomic E-state index is 0.0396. The lowest BCUT2D eigenvalue weighted by Crippen LogP contribution is -2.27. The van der Waals surface area contributed by atoms with E-state index in [1.807, 2.05) is 10.8 Å². The number of carbonyl (C=O) groups is 1. The second-order valence-corrected chi connectivity index (χ2v) is 5.07. The Bertz CT molecular complexity index is 362. The molecule has 1 atom stereocenters. The maximum absolute atomic E-state index is 11.7. The molecule has 0 bridgehead atoms. The van der Waals surface area contributed by atoms with E-state index in [0.29, 0.717) is 13.0 Å².